The maximum absolute atomic E-state index is 12.4. The Kier molecular flexibility index (Phi) is 4.83. The van der Waals surface area contributed by atoms with E-state index in [2.05, 4.69) is 21.7 Å². The van der Waals surface area contributed by atoms with Crippen LogP contribution in [0.1, 0.15) is 10.4 Å². The van der Waals surface area contributed by atoms with Gasteiger partial charge < -0.3 is 14.8 Å². The van der Waals surface area contributed by atoms with Gasteiger partial charge in [-0.2, -0.15) is 0 Å². The van der Waals surface area contributed by atoms with Gasteiger partial charge in [0.2, 0.25) is 5.91 Å². The smallest absolute Gasteiger partial charge is 0.238 e. The maximum atomic E-state index is 12.4. The Morgan fingerprint density at radius 3 is 2.96 bits per heavy atom. The molecule has 0 aliphatic carbocycles. The molecule has 1 aliphatic heterocycles. The monoisotopic (exact) mass is 332 g/mol. The Morgan fingerprint density at radius 1 is 1.30 bits per heavy atom. The molecule has 0 saturated heterocycles. The van der Waals surface area contributed by atoms with Crippen molar-refractivity contribution in [1.82, 2.24) is 4.90 Å². The predicted octanol–water partition coefficient (Wildman–Crippen LogP) is 2.76. The summed E-state index contributed by atoms with van der Waals surface area (Å²) in [5.41, 5.74) is 1.97. The summed E-state index contributed by atoms with van der Waals surface area (Å²) in [6.45, 7) is 2.12. The molecule has 2 aromatic rings. The fourth-order valence-corrected chi connectivity index (χ4v) is 3.64. The molecule has 3 rings (SSSR count). The number of nitrogens with one attached hydrogen (secondary N) is 1. The van der Waals surface area contributed by atoms with Crippen LogP contribution in [-0.2, 0) is 17.8 Å². The Balaban J connectivity index is 1.64. The van der Waals surface area contributed by atoms with E-state index in [4.69, 9.17) is 9.47 Å². The molecule has 1 amide bonds. The largest absolute Gasteiger partial charge is 0.497 e. The number of anilines is 1. The lowest BCUT2D eigenvalue weighted by molar-refractivity contribution is -0.117. The van der Waals surface area contributed by atoms with Gasteiger partial charge in [0.05, 0.1) is 26.5 Å². The first-order chi connectivity index (χ1) is 11.2. The van der Waals surface area contributed by atoms with Crippen LogP contribution in [0, 0.1) is 0 Å². The number of benzene rings is 1. The minimum absolute atomic E-state index is 0.0461. The maximum Gasteiger partial charge on any atom is 0.238 e. The van der Waals surface area contributed by atoms with E-state index >= 15 is 0 Å². The number of rotatable bonds is 5. The van der Waals surface area contributed by atoms with Crippen LogP contribution in [0.3, 0.4) is 0 Å². The molecule has 23 heavy (non-hydrogen) atoms. The van der Waals surface area contributed by atoms with Gasteiger partial charge in [-0.05, 0) is 35.6 Å². The van der Waals surface area contributed by atoms with Crippen LogP contribution >= 0.6 is 11.3 Å². The standard InChI is InChI=1S/C17H20N2O3S/c1-21-13-3-4-15(22-2)14(9-13)18-17(20)11-19-7-5-16-12(10-19)6-8-23-16/h3-4,6,8-9H,5,7,10-11H2,1-2H3,(H,18,20). The van der Waals surface area contributed by atoms with Gasteiger partial charge in [0.25, 0.3) is 0 Å². The van der Waals surface area contributed by atoms with E-state index in [1.165, 1.54) is 10.4 Å². The normalized spacial score (nSPS) is 14.2. The van der Waals surface area contributed by atoms with E-state index in [1.54, 1.807) is 43.8 Å². The number of amides is 1. The van der Waals surface area contributed by atoms with Gasteiger partial charge in [-0.15, -0.1) is 11.3 Å². The van der Waals surface area contributed by atoms with Gasteiger partial charge in [-0.3, -0.25) is 9.69 Å². The third-order valence-electron chi connectivity index (χ3n) is 3.93. The molecule has 122 valence electrons. The van der Waals surface area contributed by atoms with Crippen LogP contribution in [-0.4, -0.2) is 38.1 Å². The first-order valence-electron chi connectivity index (χ1n) is 7.49. The van der Waals surface area contributed by atoms with Gasteiger partial charge in [0.15, 0.2) is 0 Å². The average Bonchev–Trinajstić information content (AvgIpc) is 3.02. The fourth-order valence-electron chi connectivity index (χ4n) is 2.75. The van der Waals surface area contributed by atoms with Crippen LogP contribution in [0.4, 0.5) is 5.69 Å². The highest BCUT2D eigenvalue weighted by atomic mass is 32.1. The number of hydrogen-bond acceptors (Lipinski definition) is 5. The van der Waals surface area contributed by atoms with Crippen LogP contribution in [0.2, 0.25) is 0 Å². The van der Waals surface area contributed by atoms with Crippen LogP contribution in [0.25, 0.3) is 0 Å². The molecule has 0 saturated carbocycles. The highest BCUT2D eigenvalue weighted by Crippen LogP contribution is 2.29. The summed E-state index contributed by atoms with van der Waals surface area (Å²) in [5.74, 6) is 1.26. The summed E-state index contributed by atoms with van der Waals surface area (Å²) in [7, 11) is 3.18. The van der Waals surface area contributed by atoms with E-state index in [0.29, 0.717) is 23.7 Å². The van der Waals surface area contributed by atoms with Crippen molar-refractivity contribution >= 4 is 22.9 Å². The van der Waals surface area contributed by atoms with Crippen molar-refractivity contribution in [2.45, 2.75) is 13.0 Å². The number of carbonyl (C=O) groups excluding carboxylic acids is 1. The van der Waals surface area contributed by atoms with Gasteiger partial charge in [-0.1, -0.05) is 0 Å². The van der Waals surface area contributed by atoms with Gasteiger partial charge >= 0.3 is 0 Å². The lowest BCUT2D eigenvalue weighted by Gasteiger charge is -2.26. The zero-order valence-corrected chi connectivity index (χ0v) is 14.1. The lowest BCUT2D eigenvalue weighted by Crippen LogP contribution is -2.36. The van der Waals surface area contributed by atoms with Crippen molar-refractivity contribution in [2.24, 2.45) is 0 Å². The minimum Gasteiger partial charge on any atom is -0.497 e. The Hall–Kier alpha value is -2.05. The molecule has 0 atom stereocenters. The molecule has 1 aromatic heterocycles. The second-order valence-corrected chi connectivity index (χ2v) is 6.44. The molecule has 0 fully saturated rings. The summed E-state index contributed by atoms with van der Waals surface area (Å²) < 4.78 is 10.5. The molecule has 1 aromatic carbocycles. The van der Waals surface area contributed by atoms with E-state index in [0.717, 1.165) is 19.5 Å². The summed E-state index contributed by atoms with van der Waals surface area (Å²) in [5, 5.41) is 5.04. The van der Waals surface area contributed by atoms with Crippen molar-refractivity contribution < 1.29 is 14.3 Å². The minimum atomic E-state index is -0.0461. The van der Waals surface area contributed by atoms with Crippen molar-refractivity contribution in [3.63, 3.8) is 0 Å². The second-order valence-electron chi connectivity index (χ2n) is 5.44. The lowest BCUT2D eigenvalue weighted by atomic mass is 10.1. The highest BCUT2D eigenvalue weighted by molar-refractivity contribution is 7.10. The Morgan fingerprint density at radius 2 is 2.17 bits per heavy atom. The van der Waals surface area contributed by atoms with E-state index in [1.807, 2.05) is 0 Å². The van der Waals surface area contributed by atoms with Crippen molar-refractivity contribution in [3.8, 4) is 11.5 Å². The molecule has 1 N–H and O–H groups in total. The van der Waals surface area contributed by atoms with Crippen molar-refractivity contribution in [1.29, 1.82) is 0 Å². The molecule has 0 spiro atoms. The second kappa shape index (κ2) is 7.02. The van der Waals surface area contributed by atoms with Crippen LogP contribution in [0.15, 0.2) is 29.6 Å². The molecule has 0 unspecified atom stereocenters. The third kappa shape index (κ3) is 3.65. The fraction of sp³-hybridized carbons (Fsp3) is 0.353. The van der Waals surface area contributed by atoms with E-state index < -0.39 is 0 Å². The Labute approximate surface area is 139 Å². The highest BCUT2D eigenvalue weighted by Gasteiger charge is 2.19. The summed E-state index contributed by atoms with van der Waals surface area (Å²) in [4.78, 5) is 16.0. The van der Waals surface area contributed by atoms with Crippen LogP contribution < -0.4 is 14.8 Å². The summed E-state index contributed by atoms with van der Waals surface area (Å²) in [6.07, 6.45) is 1.02. The quantitative estimate of drug-likeness (QED) is 0.915. The van der Waals surface area contributed by atoms with E-state index in [9.17, 15) is 4.79 Å². The van der Waals surface area contributed by atoms with Crippen LogP contribution in [0.5, 0.6) is 11.5 Å². The molecular weight excluding hydrogens is 312 g/mol. The topological polar surface area (TPSA) is 50.8 Å². The molecule has 2 heterocycles. The molecule has 0 bridgehead atoms. The molecule has 0 radical (unpaired) electrons. The predicted molar refractivity (Wildman–Crippen MR) is 91.5 cm³/mol. The first kappa shape index (κ1) is 15.8. The summed E-state index contributed by atoms with van der Waals surface area (Å²) in [6, 6.07) is 7.50. The Bertz CT molecular complexity index is 699. The van der Waals surface area contributed by atoms with Gasteiger partial charge in [0, 0.05) is 24.0 Å². The SMILES string of the molecule is COc1ccc(OC)c(NC(=O)CN2CCc3sccc3C2)c1. The van der Waals surface area contributed by atoms with Gasteiger partial charge in [0.1, 0.15) is 11.5 Å². The zero-order chi connectivity index (χ0) is 16.2. The number of carbonyl (C=O) groups is 1. The van der Waals surface area contributed by atoms with Crippen molar-refractivity contribution in [2.75, 3.05) is 32.6 Å². The number of fused-ring (bicyclic) bond motifs is 1. The molecule has 6 heteroatoms. The number of nitrogens with zero attached hydrogens (tertiary/aromatic N) is 1. The number of hydrogen-bond donors (Lipinski definition) is 1. The van der Waals surface area contributed by atoms with Crippen molar-refractivity contribution in [3.05, 3.63) is 40.1 Å². The number of methoxy groups -OCH3 is 2. The molecule has 5 nitrogen and oxygen atoms in total. The van der Waals surface area contributed by atoms with Gasteiger partial charge in [-0.25, -0.2) is 0 Å². The molecule has 1 aliphatic rings. The number of thiophene rings is 1. The summed E-state index contributed by atoms with van der Waals surface area (Å²) >= 11 is 1.80. The first-order valence-corrected chi connectivity index (χ1v) is 8.37. The third-order valence-corrected chi connectivity index (χ3v) is 4.96. The zero-order valence-electron chi connectivity index (χ0n) is 13.3. The van der Waals surface area contributed by atoms with E-state index in [-0.39, 0.29) is 5.91 Å². The molecular formula is C17H20N2O3S. The number of ether oxygens (including phenoxy) is 2. The average molecular weight is 332 g/mol.